The number of benzene rings is 3. The minimum atomic E-state index is -3.60. The fraction of sp³-hybridized carbons (Fsp3) is 0.286. The van der Waals surface area contributed by atoms with Gasteiger partial charge in [-0.3, -0.25) is 4.79 Å². The van der Waals surface area contributed by atoms with Crippen molar-refractivity contribution in [3.05, 3.63) is 83.7 Å². The van der Waals surface area contributed by atoms with E-state index in [9.17, 15) is 13.2 Å². The Morgan fingerprint density at radius 3 is 2.64 bits per heavy atom. The van der Waals surface area contributed by atoms with Crippen molar-refractivity contribution >= 4 is 48.3 Å². The van der Waals surface area contributed by atoms with E-state index in [1.165, 1.54) is 23.5 Å². The van der Waals surface area contributed by atoms with Gasteiger partial charge in [0.05, 0.1) is 15.1 Å². The molecule has 1 amide bonds. The second-order valence-corrected chi connectivity index (χ2v) is 11.9. The third-order valence-corrected chi connectivity index (χ3v) is 9.93. The van der Waals surface area contributed by atoms with Crippen LogP contribution < -0.4 is 4.80 Å². The van der Waals surface area contributed by atoms with Gasteiger partial charge in [-0.15, -0.1) is 6.58 Å². The lowest BCUT2D eigenvalue weighted by Gasteiger charge is -2.34. The molecule has 2 heterocycles. The first-order valence-corrected chi connectivity index (χ1v) is 14.5. The van der Waals surface area contributed by atoms with Crippen molar-refractivity contribution in [2.75, 3.05) is 6.54 Å². The maximum absolute atomic E-state index is 13.3. The van der Waals surface area contributed by atoms with Crippen LogP contribution in [0.5, 0.6) is 0 Å². The first-order valence-electron chi connectivity index (χ1n) is 12.3. The van der Waals surface area contributed by atoms with E-state index in [0.29, 0.717) is 23.5 Å². The number of amides is 1. The van der Waals surface area contributed by atoms with Crippen molar-refractivity contribution in [3.63, 3.8) is 0 Å². The predicted molar refractivity (Wildman–Crippen MR) is 146 cm³/mol. The number of sulfonamides is 1. The molecule has 8 heteroatoms. The molecule has 5 rings (SSSR count). The van der Waals surface area contributed by atoms with Crippen molar-refractivity contribution in [2.24, 2.45) is 4.99 Å². The van der Waals surface area contributed by atoms with E-state index in [2.05, 4.69) is 29.8 Å². The maximum atomic E-state index is 13.3. The molecule has 1 fully saturated rings. The van der Waals surface area contributed by atoms with Gasteiger partial charge in [0.25, 0.3) is 5.91 Å². The van der Waals surface area contributed by atoms with Crippen molar-refractivity contribution < 1.29 is 13.2 Å². The van der Waals surface area contributed by atoms with E-state index < -0.39 is 15.9 Å². The average molecular weight is 520 g/mol. The molecule has 0 radical (unpaired) electrons. The highest BCUT2D eigenvalue weighted by Crippen LogP contribution is 2.29. The molecule has 0 spiro atoms. The molecule has 1 aromatic heterocycles. The molecule has 186 valence electrons. The zero-order chi connectivity index (χ0) is 25.3. The maximum Gasteiger partial charge on any atom is 0.279 e. The van der Waals surface area contributed by atoms with Crippen LogP contribution in [-0.4, -0.2) is 35.8 Å². The molecule has 0 aliphatic carbocycles. The summed E-state index contributed by atoms with van der Waals surface area (Å²) < 4.78 is 31.2. The summed E-state index contributed by atoms with van der Waals surface area (Å²) in [6.45, 7) is 6.95. The number of rotatable bonds is 6. The summed E-state index contributed by atoms with van der Waals surface area (Å²) in [5.41, 5.74) is 1.35. The number of carbonyl (C=O) groups excluding carboxylic acids is 1. The number of piperidine rings is 1. The van der Waals surface area contributed by atoms with Crippen LogP contribution in [-0.2, 0) is 16.6 Å². The minimum absolute atomic E-state index is 0.0319. The van der Waals surface area contributed by atoms with Crippen LogP contribution in [0.4, 0.5) is 0 Å². The number of allylic oxidation sites excluding steroid dienone is 1. The summed E-state index contributed by atoms with van der Waals surface area (Å²) in [5, 5.41) is 2.25. The third kappa shape index (κ3) is 4.45. The zero-order valence-corrected chi connectivity index (χ0v) is 21.9. The molecule has 6 nitrogen and oxygen atoms in total. The molecule has 0 N–H and O–H groups in total. The van der Waals surface area contributed by atoms with Crippen LogP contribution in [0.1, 0.15) is 43.0 Å². The van der Waals surface area contributed by atoms with Crippen LogP contribution >= 0.6 is 11.3 Å². The van der Waals surface area contributed by atoms with Gasteiger partial charge in [0, 0.05) is 30.1 Å². The van der Waals surface area contributed by atoms with Crippen LogP contribution in [0.15, 0.2) is 83.2 Å². The lowest BCUT2D eigenvalue weighted by atomic mass is 10.0. The molecule has 4 aromatic rings. The molecule has 1 aliphatic rings. The molecule has 1 saturated heterocycles. The fourth-order valence-electron chi connectivity index (χ4n) is 4.94. The smallest absolute Gasteiger partial charge is 0.279 e. The average Bonchev–Trinajstić information content (AvgIpc) is 3.26. The normalized spacial score (nSPS) is 17.6. The molecule has 0 saturated carbocycles. The molecule has 3 aromatic carbocycles. The van der Waals surface area contributed by atoms with E-state index in [0.717, 1.165) is 46.7 Å². The Hall–Kier alpha value is -3.07. The Bertz CT molecular complexity index is 1620. The van der Waals surface area contributed by atoms with Gasteiger partial charge in [0.1, 0.15) is 0 Å². The van der Waals surface area contributed by atoms with Crippen molar-refractivity contribution in [1.29, 1.82) is 0 Å². The van der Waals surface area contributed by atoms with E-state index in [1.807, 2.05) is 29.7 Å². The number of hydrogen-bond donors (Lipinski definition) is 0. The van der Waals surface area contributed by atoms with Gasteiger partial charge < -0.3 is 4.57 Å². The summed E-state index contributed by atoms with van der Waals surface area (Å²) in [4.78, 5) is 18.3. The first kappa shape index (κ1) is 24.6. The summed E-state index contributed by atoms with van der Waals surface area (Å²) in [5.74, 6) is -0.406. The number of carbonyl (C=O) groups is 1. The van der Waals surface area contributed by atoms with Gasteiger partial charge in [-0.2, -0.15) is 9.30 Å². The molecule has 36 heavy (non-hydrogen) atoms. The second-order valence-electron chi connectivity index (χ2n) is 9.03. The number of fused-ring (bicyclic) bond motifs is 3. The lowest BCUT2D eigenvalue weighted by Crippen LogP contribution is -2.43. The number of aromatic nitrogens is 1. The second kappa shape index (κ2) is 10.1. The van der Waals surface area contributed by atoms with Gasteiger partial charge >= 0.3 is 0 Å². The molecule has 1 unspecified atom stereocenters. The Balaban J connectivity index is 1.50. The van der Waals surface area contributed by atoms with Crippen molar-refractivity contribution in [2.45, 2.75) is 50.1 Å². The molecule has 1 aliphatic heterocycles. The molecule has 0 bridgehead atoms. The number of thiazole rings is 1. The quantitative estimate of drug-likeness (QED) is 0.305. The Labute approximate surface area is 215 Å². The number of nitrogens with zero attached hydrogens (tertiary/aromatic N) is 3. The Morgan fingerprint density at radius 1 is 1.11 bits per heavy atom. The summed E-state index contributed by atoms with van der Waals surface area (Å²) in [6.07, 6.45) is 5.40. The number of hydrogen-bond acceptors (Lipinski definition) is 4. The van der Waals surface area contributed by atoms with Gasteiger partial charge in [0.15, 0.2) is 4.80 Å². The highest BCUT2D eigenvalue weighted by Gasteiger charge is 2.32. The predicted octanol–water partition coefficient (Wildman–Crippen LogP) is 5.74. The molecular weight excluding hydrogens is 490 g/mol. The SMILES string of the molecule is C=CCn1c(=NC(=O)c2ccc(S(=O)(=O)N3CCCCC3CC)cc2)sc2c3ccccc3ccc21. The standard InChI is InChI=1S/C28H29N3O3S2/c1-3-18-30-25-17-14-20-9-5-6-11-24(20)26(25)35-28(30)29-27(32)21-12-15-23(16-13-21)36(33,34)31-19-8-7-10-22(31)4-2/h3,5-6,9,11-17,22H,1,4,7-8,10,18-19H2,2H3. The highest BCUT2D eigenvalue weighted by atomic mass is 32.2. The van der Waals surface area contributed by atoms with Gasteiger partial charge in [-0.1, -0.05) is 61.1 Å². The topological polar surface area (TPSA) is 71.7 Å². The summed E-state index contributed by atoms with van der Waals surface area (Å²) >= 11 is 1.47. The Kier molecular flexibility index (Phi) is 6.92. The zero-order valence-electron chi connectivity index (χ0n) is 20.3. The van der Waals surface area contributed by atoms with E-state index in [1.54, 1.807) is 22.5 Å². The van der Waals surface area contributed by atoms with E-state index >= 15 is 0 Å². The van der Waals surface area contributed by atoms with Gasteiger partial charge in [0.2, 0.25) is 10.0 Å². The summed E-state index contributed by atoms with van der Waals surface area (Å²) in [7, 11) is -3.60. The monoisotopic (exact) mass is 519 g/mol. The van der Waals surface area contributed by atoms with Crippen LogP contribution in [0, 0.1) is 0 Å². The van der Waals surface area contributed by atoms with E-state index in [-0.39, 0.29) is 10.9 Å². The van der Waals surface area contributed by atoms with Crippen LogP contribution in [0.25, 0.3) is 21.0 Å². The van der Waals surface area contributed by atoms with Crippen LogP contribution in [0.2, 0.25) is 0 Å². The third-order valence-electron chi connectivity index (χ3n) is 6.83. The lowest BCUT2D eigenvalue weighted by molar-refractivity contribution is 0.0997. The molecule has 1 atom stereocenters. The van der Waals surface area contributed by atoms with E-state index in [4.69, 9.17) is 0 Å². The Morgan fingerprint density at radius 2 is 1.89 bits per heavy atom. The molecular formula is C28H29N3O3S2. The van der Waals surface area contributed by atoms with Crippen LogP contribution in [0.3, 0.4) is 0 Å². The fourth-order valence-corrected chi connectivity index (χ4v) is 7.88. The minimum Gasteiger partial charge on any atom is -0.312 e. The van der Waals surface area contributed by atoms with Gasteiger partial charge in [-0.05, 0) is 55.0 Å². The highest BCUT2D eigenvalue weighted by molar-refractivity contribution is 7.89. The first-order chi connectivity index (χ1) is 17.4. The van der Waals surface area contributed by atoms with Crippen molar-refractivity contribution in [3.8, 4) is 0 Å². The van der Waals surface area contributed by atoms with Gasteiger partial charge in [-0.25, -0.2) is 8.42 Å². The van der Waals surface area contributed by atoms with Crippen molar-refractivity contribution in [1.82, 2.24) is 8.87 Å². The summed E-state index contributed by atoms with van der Waals surface area (Å²) in [6, 6.07) is 18.5. The largest absolute Gasteiger partial charge is 0.312 e.